The Hall–Kier alpha value is -2.00. The van der Waals surface area contributed by atoms with Gasteiger partial charge in [0.05, 0.1) is 9.80 Å². The second-order valence-electron chi connectivity index (χ2n) is 4.85. The van der Waals surface area contributed by atoms with Crippen LogP contribution in [0.1, 0.15) is 16.1 Å². The van der Waals surface area contributed by atoms with E-state index in [4.69, 9.17) is 0 Å². The molecule has 0 unspecified atom stereocenters. The minimum atomic E-state index is -0.425. The van der Waals surface area contributed by atoms with E-state index in [1.807, 2.05) is 27.3 Å². The highest BCUT2D eigenvalue weighted by atomic mass is 32.1. The summed E-state index contributed by atoms with van der Waals surface area (Å²) in [6.07, 6.45) is 2.12. The van der Waals surface area contributed by atoms with Gasteiger partial charge >= 0.3 is 5.00 Å². The Kier molecular flexibility index (Phi) is 4.34. The van der Waals surface area contributed by atoms with Crippen molar-refractivity contribution < 1.29 is 9.72 Å². The summed E-state index contributed by atoms with van der Waals surface area (Å²) in [7, 11) is 0. The molecule has 0 spiro atoms. The van der Waals surface area contributed by atoms with Crippen molar-refractivity contribution in [1.82, 2.24) is 9.88 Å². The number of hydrogen-bond donors (Lipinski definition) is 0. The quantitative estimate of drug-likeness (QED) is 0.634. The summed E-state index contributed by atoms with van der Waals surface area (Å²) in [4.78, 5) is 31.4. The molecule has 9 heteroatoms. The average Bonchev–Trinajstić information content (AvgIpc) is 3.14. The Bertz CT molecular complexity index is 671. The molecule has 2 aromatic rings. The second-order valence-corrected chi connectivity index (χ2v) is 6.78. The maximum absolute atomic E-state index is 12.4. The van der Waals surface area contributed by atoms with Crippen molar-refractivity contribution in [3.8, 4) is 0 Å². The highest BCUT2D eigenvalue weighted by Crippen LogP contribution is 2.29. The molecule has 2 aromatic heterocycles. The number of anilines is 1. The number of carbonyl (C=O) groups is 1. The Morgan fingerprint density at radius 3 is 2.86 bits per heavy atom. The molecule has 0 saturated carbocycles. The van der Waals surface area contributed by atoms with E-state index >= 15 is 0 Å². The normalized spacial score (nSPS) is 15.6. The topological polar surface area (TPSA) is 79.6 Å². The first kappa shape index (κ1) is 14.9. The van der Waals surface area contributed by atoms with Gasteiger partial charge in [-0.25, -0.2) is 4.98 Å². The van der Waals surface area contributed by atoms with E-state index in [-0.39, 0.29) is 10.9 Å². The largest absolute Gasteiger partial charge is 0.346 e. The molecule has 1 fully saturated rings. The van der Waals surface area contributed by atoms with Gasteiger partial charge in [0.1, 0.15) is 6.20 Å². The van der Waals surface area contributed by atoms with Crippen LogP contribution in [0.2, 0.25) is 0 Å². The van der Waals surface area contributed by atoms with Crippen LogP contribution >= 0.6 is 22.7 Å². The number of hydrogen-bond acceptors (Lipinski definition) is 7. The predicted molar refractivity (Wildman–Crippen MR) is 85.8 cm³/mol. The average molecular weight is 338 g/mol. The molecule has 1 amide bonds. The first-order valence-electron chi connectivity index (χ1n) is 6.83. The fourth-order valence-corrected chi connectivity index (χ4v) is 3.83. The minimum Gasteiger partial charge on any atom is -0.346 e. The molecule has 116 valence electrons. The number of thiazole rings is 1. The molecule has 0 radical (unpaired) electrons. The first-order valence-corrected chi connectivity index (χ1v) is 8.53. The van der Waals surface area contributed by atoms with Crippen LogP contribution in [0.5, 0.6) is 0 Å². The van der Waals surface area contributed by atoms with E-state index < -0.39 is 4.92 Å². The summed E-state index contributed by atoms with van der Waals surface area (Å²) in [5.41, 5.74) is 0. The second kappa shape index (κ2) is 6.41. The van der Waals surface area contributed by atoms with Crippen molar-refractivity contribution in [2.24, 2.45) is 0 Å². The van der Waals surface area contributed by atoms with Crippen molar-refractivity contribution in [3.63, 3.8) is 0 Å². The lowest BCUT2D eigenvalue weighted by Gasteiger charge is -2.21. The van der Waals surface area contributed by atoms with Gasteiger partial charge < -0.3 is 9.80 Å². The Labute approximate surface area is 135 Å². The van der Waals surface area contributed by atoms with Crippen LogP contribution in [0.4, 0.5) is 10.1 Å². The summed E-state index contributed by atoms with van der Waals surface area (Å²) < 4.78 is 0. The molecule has 3 rings (SSSR count). The van der Waals surface area contributed by atoms with Crippen LogP contribution in [-0.4, -0.2) is 46.9 Å². The summed E-state index contributed by atoms with van der Waals surface area (Å²) in [5, 5.41) is 13.3. The van der Waals surface area contributed by atoms with Crippen LogP contribution in [0.15, 0.2) is 23.7 Å². The molecule has 22 heavy (non-hydrogen) atoms. The zero-order chi connectivity index (χ0) is 15.5. The Morgan fingerprint density at radius 1 is 1.32 bits per heavy atom. The lowest BCUT2D eigenvalue weighted by Crippen LogP contribution is -2.34. The molecule has 0 bridgehead atoms. The molecule has 0 atom stereocenters. The summed E-state index contributed by atoms with van der Waals surface area (Å²) in [6, 6.07) is 3.70. The maximum Gasteiger partial charge on any atom is 0.345 e. The minimum absolute atomic E-state index is 0.0470. The highest BCUT2D eigenvalue weighted by Gasteiger charge is 2.23. The number of amides is 1. The van der Waals surface area contributed by atoms with E-state index in [9.17, 15) is 14.9 Å². The molecule has 1 aliphatic rings. The van der Waals surface area contributed by atoms with E-state index in [0.717, 1.165) is 29.2 Å². The van der Waals surface area contributed by atoms with Crippen LogP contribution in [-0.2, 0) is 0 Å². The van der Waals surface area contributed by atoms with E-state index in [0.29, 0.717) is 24.8 Å². The first-order chi connectivity index (χ1) is 10.6. The van der Waals surface area contributed by atoms with Crippen molar-refractivity contribution in [1.29, 1.82) is 0 Å². The lowest BCUT2D eigenvalue weighted by atomic mass is 10.3. The molecular weight excluding hydrogens is 324 g/mol. The van der Waals surface area contributed by atoms with E-state index in [2.05, 4.69) is 4.98 Å². The fraction of sp³-hybridized carbons (Fsp3) is 0.385. The van der Waals surface area contributed by atoms with Gasteiger partial charge in [-0.05, 0) is 29.2 Å². The molecule has 0 aliphatic carbocycles. The molecular formula is C13H14N4O3S2. The van der Waals surface area contributed by atoms with Gasteiger partial charge in [-0.3, -0.25) is 14.9 Å². The van der Waals surface area contributed by atoms with Gasteiger partial charge in [-0.1, -0.05) is 6.07 Å². The number of carbonyl (C=O) groups excluding carboxylic acids is 1. The Morgan fingerprint density at radius 2 is 2.18 bits per heavy atom. The Balaban J connectivity index is 1.66. The van der Waals surface area contributed by atoms with Crippen molar-refractivity contribution in [2.75, 3.05) is 31.1 Å². The molecule has 1 saturated heterocycles. The third kappa shape index (κ3) is 3.09. The van der Waals surface area contributed by atoms with E-state index in [1.165, 1.54) is 17.5 Å². The molecule has 0 aromatic carbocycles. The van der Waals surface area contributed by atoms with Gasteiger partial charge in [-0.15, -0.1) is 11.3 Å². The van der Waals surface area contributed by atoms with Crippen LogP contribution < -0.4 is 4.90 Å². The third-order valence-corrected chi connectivity index (χ3v) is 5.31. The fourth-order valence-electron chi connectivity index (χ4n) is 2.36. The molecule has 7 nitrogen and oxygen atoms in total. The van der Waals surface area contributed by atoms with Crippen molar-refractivity contribution >= 4 is 38.7 Å². The summed E-state index contributed by atoms with van der Waals surface area (Å²) in [6.45, 7) is 2.69. The maximum atomic E-state index is 12.4. The van der Waals surface area contributed by atoms with Crippen LogP contribution in [0.3, 0.4) is 0 Å². The van der Waals surface area contributed by atoms with Crippen molar-refractivity contribution in [3.05, 3.63) is 38.7 Å². The van der Waals surface area contributed by atoms with Gasteiger partial charge in [0.2, 0.25) is 0 Å². The number of nitro groups is 1. The number of aromatic nitrogens is 1. The zero-order valence-corrected chi connectivity index (χ0v) is 13.3. The number of rotatable bonds is 3. The molecule has 3 heterocycles. The monoisotopic (exact) mass is 338 g/mol. The lowest BCUT2D eigenvalue weighted by molar-refractivity contribution is -0.380. The van der Waals surface area contributed by atoms with Gasteiger partial charge in [0.25, 0.3) is 5.91 Å². The van der Waals surface area contributed by atoms with Crippen LogP contribution in [0.25, 0.3) is 0 Å². The van der Waals surface area contributed by atoms with Gasteiger partial charge in [-0.2, -0.15) is 0 Å². The van der Waals surface area contributed by atoms with Gasteiger partial charge in [0.15, 0.2) is 5.13 Å². The van der Waals surface area contributed by atoms with Crippen molar-refractivity contribution in [2.45, 2.75) is 6.42 Å². The molecule has 1 aliphatic heterocycles. The number of nitrogens with zero attached hydrogens (tertiary/aromatic N) is 4. The molecule has 0 N–H and O–H groups in total. The predicted octanol–water partition coefficient (Wildman–Crippen LogP) is 2.47. The van der Waals surface area contributed by atoms with Crippen LogP contribution in [0, 0.1) is 10.1 Å². The third-order valence-electron chi connectivity index (χ3n) is 3.45. The summed E-state index contributed by atoms with van der Waals surface area (Å²) in [5.74, 6) is 0.0574. The smallest absolute Gasteiger partial charge is 0.345 e. The zero-order valence-electron chi connectivity index (χ0n) is 11.7. The van der Waals surface area contributed by atoms with E-state index in [1.54, 1.807) is 0 Å². The SMILES string of the molecule is O=C(c1cccs1)N1CCCN(c2ncc([N+](=O)[O-])s2)CC1. The summed E-state index contributed by atoms with van der Waals surface area (Å²) >= 11 is 2.52. The van der Waals surface area contributed by atoms with Gasteiger partial charge in [0, 0.05) is 26.2 Å². The number of thiophene rings is 1. The standard InChI is InChI=1S/C13H14N4O3S2/c18-12(10-3-1-8-21-10)15-4-2-5-16(7-6-15)13-14-9-11(22-13)17(19)20/h1,3,8-9H,2,4-7H2. The highest BCUT2D eigenvalue weighted by molar-refractivity contribution is 7.18.